The molecule has 1 aromatic heterocycles. The van der Waals surface area contributed by atoms with E-state index in [-0.39, 0.29) is 17.9 Å². The van der Waals surface area contributed by atoms with Crippen molar-refractivity contribution in [3.8, 4) is 5.69 Å². The molecule has 152 valence electrons. The Hall–Kier alpha value is -2.36. The second-order valence-corrected chi connectivity index (χ2v) is 6.91. The Balaban J connectivity index is 1.68. The standard InChI is InChI=1S/C19H24F2N4O3/c1-13-10-17(22-25(13)18-15(20)4-3-5-16(18)21)19(27)23(2)11-14(26)12-24-6-8-28-9-7-24/h3-5,10,14,26H,6-9,11-12H2,1-2H3/t14-/m1/s1. The molecule has 0 radical (unpaired) electrons. The van der Waals surface area contributed by atoms with Crippen LogP contribution in [0, 0.1) is 18.6 Å². The normalized spacial score (nSPS) is 16.2. The highest BCUT2D eigenvalue weighted by molar-refractivity contribution is 5.92. The molecule has 1 amide bonds. The van der Waals surface area contributed by atoms with Crippen molar-refractivity contribution in [2.75, 3.05) is 46.4 Å². The number of aliphatic hydroxyl groups excluding tert-OH is 1. The van der Waals surface area contributed by atoms with Gasteiger partial charge in [-0.05, 0) is 25.1 Å². The Kier molecular flexibility index (Phi) is 6.38. The third kappa shape index (κ3) is 4.54. The van der Waals surface area contributed by atoms with E-state index in [9.17, 15) is 18.7 Å². The number of β-amino-alcohol motifs (C(OH)–C–C–N with tert-alkyl or cyclic N) is 1. The lowest BCUT2D eigenvalue weighted by molar-refractivity contribution is 0.00873. The van der Waals surface area contributed by atoms with Crippen molar-refractivity contribution in [2.45, 2.75) is 13.0 Å². The van der Waals surface area contributed by atoms with Gasteiger partial charge in [-0.15, -0.1) is 0 Å². The SMILES string of the molecule is Cc1cc(C(=O)N(C)C[C@@H](O)CN2CCOCC2)nn1-c1c(F)cccc1F. The van der Waals surface area contributed by atoms with Gasteiger partial charge in [0.1, 0.15) is 5.69 Å². The number of aryl methyl sites for hydroxylation is 1. The number of aliphatic hydroxyl groups is 1. The van der Waals surface area contributed by atoms with Gasteiger partial charge in [-0.1, -0.05) is 6.07 Å². The van der Waals surface area contributed by atoms with Crippen molar-refractivity contribution in [3.63, 3.8) is 0 Å². The van der Waals surface area contributed by atoms with E-state index in [1.54, 1.807) is 14.0 Å². The molecule has 2 aromatic rings. The van der Waals surface area contributed by atoms with Crippen LogP contribution in [0.25, 0.3) is 5.69 Å². The summed E-state index contributed by atoms with van der Waals surface area (Å²) in [6.07, 6.45) is -0.723. The maximum absolute atomic E-state index is 14.0. The molecule has 0 bridgehead atoms. The third-order valence-electron chi connectivity index (χ3n) is 4.66. The zero-order valence-electron chi connectivity index (χ0n) is 15.9. The van der Waals surface area contributed by atoms with Gasteiger partial charge < -0.3 is 14.7 Å². The average molecular weight is 394 g/mol. The number of para-hydroxylation sites is 1. The van der Waals surface area contributed by atoms with Gasteiger partial charge in [0.05, 0.1) is 19.3 Å². The maximum atomic E-state index is 14.0. The fourth-order valence-corrected chi connectivity index (χ4v) is 3.23. The van der Waals surface area contributed by atoms with E-state index in [2.05, 4.69) is 10.00 Å². The molecule has 1 saturated heterocycles. The van der Waals surface area contributed by atoms with Gasteiger partial charge in [-0.2, -0.15) is 5.10 Å². The molecule has 1 aliphatic rings. The summed E-state index contributed by atoms with van der Waals surface area (Å²) in [5.41, 5.74) is 0.157. The summed E-state index contributed by atoms with van der Waals surface area (Å²) in [6, 6.07) is 5.01. The second kappa shape index (κ2) is 8.76. The summed E-state index contributed by atoms with van der Waals surface area (Å²) in [4.78, 5) is 16.1. The van der Waals surface area contributed by atoms with Crippen LogP contribution in [0.2, 0.25) is 0 Å². The topological polar surface area (TPSA) is 70.8 Å². The lowest BCUT2D eigenvalue weighted by atomic mass is 10.2. The number of hydrogen-bond donors (Lipinski definition) is 1. The van der Waals surface area contributed by atoms with Crippen LogP contribution in [-0.4, -0.2) is 83.1 Å². The number of ether oxygens (including phenoxy) is 1. The Morgan fingerprint density at radius 3 is 2.61 bits per heavy atom. The second-order valence-electron chi connectivity index (χ2n) is 6.91. The number of morpholine rings is 1. The largest absolute Gasteiger partial charge is 0.390 e. The molecule has 1 fully saturated rings. The zero-order valence-corrected chi connectivity index (χ0v) is 15.9. The molecule has 2 heterocycles. The molecule has 1 aromatic carbocycles. The van der Waals surface area contributed by atoms with E-state index in [0.717, 1.165) is 29.9 Å². The van der Waals surface area contributed by atoms with Crippen molar-refractivity contribution >= 4 is 5.91 Å². The zero-order chi connectivity index (χ0) is 20.3. The van der Waals surface area contributed by atoms with Crippen LogP contribution in [0.15, 0.2) is 24.3 Å². The number of likely N-dealkylation sites (N-methyl/N-ethyl adjacent to an activating group) is 1. The van der Waals surface area contributed by atoms with Crippen LogP contribution in [0.4, 0.5) is 8.78 Å². The number of benzene rings is 1. The van der Waals surface area contributed by atoms with Gasteiger partial charge in [0.25, 0.3) is 5.91 Å². The molecule has 1 N–H and O–H groups in total. The van der Waals surface area contributed by atoms with Crippen molar-refractivity contribution in [1.82, 2.24) is 19.6 Å². The molecule has 9 heteroatoms. The highest BCUT2D eigenvalue weighted by Crippen LogP contribution is 2.20. The monoisotopic (exact) mass is 394 g/mol. The number of aromatic nitrogens is 2. The average Bonchev–Trinajstić information content (AvgIpc) is 3.03. The molecule has 1 aliphatic heterocycles. The molecular weight excluding hydrogens is 370 g/mol. The summed E-state index contributed by atoms with van der Waals surface area (Å²) < 4.78 is 34.4. The molecule has 1 atom stereocenters. The minimum atomic E-state index is -0.764. The molecule has 3 rings (SSSR count). The van der Waals surface area contributed by atoms with Crippen molar-refractivity contribution in [1.29, 1.82) is 0 Å². The molecule has 0 saturated carbocycles. The highest BCUT2D eigenvalue weighted by Gasteiger charge is 2.23. The van der Waals surface area contributed by atoms with Crippen LogP contribution < -0.4 is 0 Å². The Labute approximate surface area is 162 Å². The number of halogens is 2. The summed E-state index contributed by atoms with van der Waals surface area (Å²) in [5.74, 6) is -1.96. The first kappa shape index (κ1) is 20.4. The lowest BCUT2D eigenvalue weighted by Gasteiger charge is -2.29. The minimum Gasteiger partial charge on any atom is -0.390 e. The fourth-order valence-electron chi connectivity index (χ4n) is 3.23. The van der Waals surface area contributed by atoms with E-state index in [4.69, 9.17) is 4.74 Å². The first-order valence-corrected chi connectivity index (χ1v) is 9.11. The Morgan fingerprint density at radius 2 is 1.96 bits per heavy atom. The Bertz CT molecular complexity index is 816. The van der Waals surface area contributed by atoms with Crippen LogP contribution in [0.5, 0.6) is 0 Å². The van der Waals surface area contributed by atoms with Crippen LogP contribution in [0.3, 0.4) is 0 Å². The number of rotatable bonds is 6. The molecular formula is C19H24F2N4O3. The molecule has 0 aliphatic carbocycles. The van der Waals surface area contributed by atoms with E-state index < -0.39 is 23.6 Å². The minimum absolute atomic E-state index is 0.0567. The number of hydrogen-bond acceptors (Lipinski definition) is 5. The first-order chi connectivity index (χ1) is 13.4. The van der Waals surface area contributed by atoms with Crippen molar-refractivity contribution < 1.29 is 23.4 Å². The van der Waals surface area contributed by atoms with Gasteiger partial charge in [-0.25, -0.2) is 13.5 Å². The summed E-state index contributed by atoms with van der Waals surface area (Å²) in [5, 5.41) is 14.4. The maximum Gasteiger partial charge on any atom is 0.274 e. The van der Waals surface area contributed by atoms with E-state index in [1.165, 1.54) is 17.0 Å². The van der Waals surface area contributed by atoms with Crippen LogP contribution >= 0.6 is 0 Å². The highest BCUT2D eigenvalue weighted by atomic mass is 19.1. The van der Waals surface area contributed by atoms with Crippen LogP contribution in [-0.2, 0) is 4.74 Å². The lowest BCUT2D eigenvalue weighted by Crippen LogP contribution is -2.45. The number of carbonyl (C=O) groups is 1. The van der Waals surface area contributed by atoms with Gasteiger partial charge in [0.2, 0.25) is 0 Å². The first-order valence-electron chi connectivity index (χ1n) is 9.11. The smallest absolute Gasteiger partial charge is 0.274 e. The predicted octanol–water partition coefficient (Wildman–Crippen LogP) is 1.22. The molecule has 0 unspecified atom stereocenters. The van der Waals surface area contributed by atoms with E-state index in [1.807, 2.05) is 0 Å². The van der Waals surface area contributed by atoms with E-state index >= 15 is 0 Å². The number of nitrogens with zero attached hydrogens (tertiary/aromatic N) is 4. The van der Waals surface area contributed by atoms with Gasteiger partial charge in [-0.3, -0.25) is 9.69 Å². The summed E-state index contributed by atoms with van der Waals surface area (Å²) >= 11 is 0. The quantitative estimate of drug-likeness (QED) is 0.798. The van der Waals surface area contributed by atoms with E-state index in [0.29, 0.717) is 25.5 Å². The molecule has 28 heavy (non-hydrogen) atoms. The third-order valence-corrected chi connectivity index (χ3v) is 4.66. The van der Waals surface area contributed by atoms with Crippen molar-refractivity contribution in [2.24, 2.45) is 0 Å². The van der Waals surface area contributed by atoms with Crippen LogP contribution in [0.1, 0.15) is 16.2 Å². The Morgan fingerprint density at radius 1 is 1.32 bits per heavy atom. The van der Waals surface area contributed by atoms with Gasteiger partial charge >= 0.3 is 0 Å². The summed E-state index contributed by atoms with van der Waals surface area (Å²) in [6.45, 7) is 4.92. The molecule has 0 spiro atoms. The molecule has 7 nitrogen and oxygen atoms in total. The van der Waals surface area contributed by atoms with Crippen molar-refractivity contribution in [3.05, 3.63) is 47.3 Å². The number of amides is 1. The predicted molar refractivity (Wildman–Crippen MR) is 98.4 cm³/mol. The van der Waals surface area contributed by atoms with Gasteiger partial charge in [0.15, 0.2) is 17.3 Å². The van der Waals surface area contributed by atoms with Gasteiger partial charge in [0, 0.05) is 38.9 Å². The fraction of sp³-hybridized carbons (Fsp3) is 0.474. The summed E-state index contributed by atoms with van der Waals surface area (Å²) in [7, 11) is 1.56. The number of carbonyl (C=O) groups excluding carboxylic acids is 1.